The summed E-state index contributed by atoms with van der Waals surface area (Å²) in [6.45, 7) is 7.77. The Balaban J connectivity index is 2.28. The fourth-order valence-electron chi connectivity index (χ4n) is 2.62. The summed E-state index contributed by atoms with van der Waals surface area (Å²) in [5.74, 6) is -0.495. The van der Waals surface area contributed by atoms with Crippen LogP contribution in [-0.2, 0) is 14.8 Å². The Morgan fingerprint density at radius 3 is 2.32 bits per heavy atom. The van der Waals surface area contributed by atoms with E-state index in [1.54, 1.807) is 27.7 Å². The molecule has 8 heteroatoms. The highest BCUT2D eigenvalue weighted by atomic mass is 32.2. The molecule has 2 amide bonds. The molecule has 1 saturated heterocycles. The lowest BCUT2D eigenvalue weighted by Gasteiger charge is -2.41. The summed E-state index contributed by atoms with van der Waals surface area (Å²) in [5, 5.41) is 2.74. The first-order valence-electron chi connectivity index (χ1n) is 8.18. The van der Waals surface area contributed by atoms with Crippen LogP contribution in [0.15, 0.2) is 29.2 Å². The van der Waals surface area contributed by atoms with Gasteiger partial charge in [-0.2, -0.15) is 4.31 Å². The molecular weight excluding hydrogens is 342 g/mol. The number of carbonyl (C=O) groups excluding carboxylic acids is 2. The summed E-state index contributed by atoms with van der Waals surface area (Å²) < 4.78 is 26.2. The van der Waals surface area contributed by atoms with E-state index in [-0.39, 0.29) is 22.8 Å². The van der Waals surface area contributed by atoms with E-state index in [0.29, 0.717) is 18.7 Å². The molecule has 2 rings (SSSR count). The molecule has 1 fully saturated rings. The van der Waals surface area contributed by atoms with Crippen LogP contribution in [0.1, 0.15) is 38.1 Å². The van der Waals surface area contributed by atoms with Crippen LogP contribution in [0.2, 0.25) is 0 Å². The average Bonchev–Trinajstić information content (AvgIpc) is 2.56. The summed E-state index contributed by atoms with van der Waals surface area (Å²) in [5.41, 5.74) is -0.591. The topological polar surface area (TPSA) is 86.8 Å². The Morgan fingerprint density at radius 2 is 1.80 bits per heavy atom. The molecule has 1 aliphatic heterocycles. The van der Waals surface area contributed by atoms with Gasteiger partial charge < -0.3 is 10.2 Å². The second-order valence-corrected chi connectivity index (χ2v) is 8.91. The van der Waals surface area contributed by atoms with Crippen molar-refractivity contribution in [1.29, 1.82) is 0 Å². The van der Waals surface area contributed by atoms with Gasteiger partial charge in [0.25, 0.3) is 5.91 Å². The third-order valence-corrected chi connectivity index (χ3v) is 6.65. The number of rotatable bonds is 4. The Bertz CT molecular complexity index is 770. The molecule has 1 N–H and O–H groups in total. The minimum atomic E-state index is -3.59. The Hall–Kier alpha value is -1.93. The molecule has 0 bridgehead atoms. The molecule has 0 unspecified atom stereocenters. The molecular formula is C17H25N3O4S. The van der Waals surface area contributed by atoms with Gasteiger partial charge in [0.15, 0.2) is 0 Å². The summed E-state index contributed by atoms with van der Waals surface area (Å²) >= 11 is 0. The van der Waals surface area contributed by atoms with Crippen molar-refractivity contribution >= 4 is 21.8 Å². The molecule has 0 radical (unpaired) electrons. The number of sulfonamides is 1. The van der Waals surface area contributed by atoms with Crippen molar-refractivity contribution in [3.05, 3.63) is 29.8 Å². The Morgan fingerprint density at radius 1 is 1.24 bits per heavy atom. The van der Waals surface area contributed by atoms with Crippen molar-refractivity contribution in [3.63, 3.8) is 0 Å². The van der Waals surface area contributed by atoms with E-state index >= 15 is 0 Å². The molecule has 138 valence electrons. The van der Waals surface area contributed by atoms with Gasteiger partial charge in [-0.25, -0.2) is 8.42 Å². The van der Waals surface area contributed by atoms with Gasteiger partial charge in [-0.15, -0.1) is 0 Å². The van der Waals surface area contributed by atoms with Gasteiger partial charge >= 0.3 is 0 Å². The molecule has 1 aromatic rings. The lowest BCUT2D eigenvalue weighted by atomic mass is 9.97. The zero-order chi connectivity index (χ0) is 19.0. The highest BCUT2D eigenvalue weighted by Crippen LogP contribution is 2.22. The Kier molecular flexibility index (Phi) is 5.24. The maximum atomic E-state index is 12.8. The van der Waals surface area contributed by atoms with Crippen LogP contribution in [0.25, 0.3) is 0 Å². The quantitative estimate of drug-likeness (QED) is 0.862. The largest absolute Gasteiger partial charge is 0.352 e. The average molecular weight is 367 g/mol. The molecule has 0 aromatic heterocycles. The highest BCUT2D eigenvalue weighted by Gasteiger charge is 2.40. The summed E-state index contributed by atoms with van der Waals surface area (Å²) in [6, 6.07) is 5.67. The minimum absolute atomic E-state index is 0.135. The van der Waals surface area contributed by atoms with Gasteiger partial charge in [0.05, 0.1) is 4.90 Å². The number of hydrogen-bond acceptors (Lipinski definition) is 4. The molecule has 1 aliphatic rings. The third kappa shape index (κ3) is 3.55. The molecule has 0 aliphatic carbocycles. The van der Waals surface area contributed by atoms with Gasteiger partial charge in [-0.3, -0.25) is 9.59 Å². The van der Waals surface area contributed by atoms with Crippen molar-refractivity contribution in [1.82, 2.24) is 14.5 Å². The number of nitrogens with zero attached hydrogens (tertiary/aromatic N) is 2. The minimum Gasteiger partial charge on any atom is -0.352 e. The SMILES string of the molecule is CC(C)N(C)S(=O)(=O)c1ccc(C(=O)N2CCNC(=O)C2(C)C)cc1. The van der Waals surface area contributed by atoms with Gasteiger partial charge in [0.2, 0.25) is 15.9 Å². The summed E-state index contributed by atoms with van der Waals surface area (Å²) in [6.07, 6.45) is 0. The van der Waals surface area contributed by atoms with Crippen LogP contribution < -0.4 is 5.32 Å². The molecule has 0 atom stereocenters. The molecule has 1 aromatic carbocycles. The lowest BCUT2D eigenvalue weighted by molar-refractivity contribution is -0.133. The number of amides is 2. The zero-order valence-corrected chi connectivity index (χ0v) is 16.1. The maximum Gasteiger partial charge on any atom is 0.254 e. The van der Waals surface area contributed by atoms with Crippen molar-refractivity contribution in [2.75, 3.05) is 20.1 Å². The zero-order valence-electron chi connectivity index (χ0n) is 15.2. The van der Waals surface area contributed by atoms with E-state index < -0.39 is 15.6 Å². The fourth-order valence-corrected chi connectivity index (χ4v) is 3.99. The third-order valence-electron chi connectivity index (χ3n) is 4.60. The Labute approximate surface area is 149 Å². The monoisotopic (exact) mass is 367 g/mol. The van der Waals surface area contributed by atoms with Crippen molar-refractivity contribution in [2.45, 2.75) is 44.2 Å². The van der Waals surface area contributed by atoms with Crippen LogP contribution in [0, 0.1) is 0 Å². The van der Waals surface area contributed by atoms with Crippen molar-refractivity contribution < 1.29 is 18.0 Å². The van der Waals surface area contributed by atoms with E-state index in [0.717, 1.165) is 0 Å². The predicted molar refractivity (Wildman–Crippen MR) is 94.7 cm³/mol. The van der Waals surface area contributed by atoms with Gasteiger partial charge in [-0.05, 0) is 52.0 Å². The van der Waals surface area contributed by atoms with E-state index in [1.165, 1.54) is 40.5 Å². The predicted octanol–water partition coefficient (Wildman–Crippen LogP) is 1.07. The number of piperazine rings is 1. The van der Waals surface area contributed by atoms with E-state index in [4.69, 9.17) is 0 Å². The molecule has 25 heavy (non-hydrogen) atoms. The van der Waals surface area contributed by atoms with Crippen LogP contribution in [0.4, 0.5) is 0 Å². The molecule has 0 spiro atoms. The fraction of sp³-hybridized carbons (Fsp3) is 0.529. The normalized spacial score (nSPS) is 17.7. The van der Waals surface area contributed by atoms with Crippen LogP contribution >= 0.6 is 0 Å². The van der Waals surface area contributed by atoms with Gasteiger partial charge in [-0.1, -0.05) is 0 Å². The maximum absolute atomic E-state index is 12.8. The lowest BCUT2D eigenvalue weighted by Crippen LogP contribution is -2.63. The standard InChI is InChI=1S/C17H25N3O4S/c1-12(2)19(5)25(23,24)14-8-6-13(7-9-14)15(21)20-11-10-18-16(22)17(20,3)4/h6-9,12H,10-11H2,1-5H3,(H,18,22). The molecule has 0 saturated carbocycles. The summed E-state index contributed by atoms with van der Waals surface area (Å²) in [7, 11) is -2.07. The summed E-state index contributed by atoms with van der Waals surface area (Å²) in [4.78, 5) is 26.4. The van der Waals surface area contributed by atoms with Crippen molar-refractivity contribution in [3.8, 4) is 0 Å². The first-order chi connectivity index (χ1) is 11.5. The molecule has 7 nitrogen and oxygen atoms in total. The number of hydrogen-bond donors (Lipinski definition) is 1. The molecule has 1 heterocycles. The van der Waals surface area contributed by atoms with E-state index in [1.807, 2.05) is 0 Å². The number of benzene rings is 1. The van der Waals surface area contributed by atoms with E-state index in [2.05, 4.69) is 5.32 Å². The first kappa shape index (κ1) is 19.4. The number of carbonyl (C=O) groups is 2. The van der Waals surface area contributed by atoms with Gasteiger partial charge in [0.1, 0.15) is 5.54 Å². The smallest absolute Gasteiger partial charge is 0.254 e. The first-order valence-corrected chi connectivity index (χ1v) is 9.62. The van der Waals surface area contributed by atoms with Crippen molar-refractivity contribution in [2.24, 2.45) is 0 Å². The second-order valence-electron chi connectivity index (χ2n) is 6.91. The van der Waals surface area contributed by atoms with Gasteiger partial charge in [0, 0.05) is 31.7 Å². The van der Waals surface area contributed by atoms with Crippen LogP contribution in [0.3, 0.4) is 0 Å². The van der Waals surface area contributed by atoms with Crippen LogP contribution in [-0.4, -0.2) is 61.2 Å². The highest BCUT2D eigenvalue weighted by molar-refractivity contribution is 7.89. The van der Waals surface area contributed by atoms with E-state index in [9.17, 15) is 18.0 Å². The second kappa shape index (κ2) is 6.76. The number of nitrogens with one attached hydrogen (secondary N) is 1. The van der Waals surface area contributed by atoms with Crippen LogP contribution in [0.5, 0.6) is 0 Å².